The number of pyridine rings is 1. The number of hydrogen-bond donors (Lipinski definition) is 2. The summed E-state index contributed by atoms with van der Waals surface area (Å²) in [5.41, 5.74) is 1.72. The Morgan fingerprint density at radius 1 is 1.16 bits per heavy atom. The van der Waals surface area contributed by atoms with Gasteiger partial charge in [-0.2, -0.15) is 0 Å². The van der Waals surface area contributed by atoms with Crippen LogP contribution in [0.15, 0.2) is 48.7 Å². The van der Waals surface area contributed by atoms with E-state index in [1.807, 2.05) is 4.90 Å². The molecule has 0 atom stereocenters. The van der Waals surface area contributed by atoms with Gasteiger partial charge in [0.25, 0.3) is 11.6 Å². The number of rotatable bonds is 6. The van der Waals surface area contributed by atoms with Crippen molar-refractivity contribution >= 4 is 39.7 Å². The minimum atomic E-state index is -0.487. The molecule has 1 aliphatic heterocycles. The maximum Gasteiger partial charge on any atom is 0.276 e. The lowest BCUT2D eigenvalue weighted by atomic mass is 10.2. The molecule has 0 aliphatic carbocycles. The molecule has 31 heavy (non-hydrogen) atoms. The van der Waals surface area contributed by atoms with E-state index in [4.69, 9.17) is 0 Å². The van der Waals surface area contributed by atoms with E-state index in [2.05, 4.69) is 20.6 Å². The number of carbonyl (C=O) groups excluding carboxylic acids is 2. The van der Waals surface area contributed by atoms with Crippen LogP contribution >= 0.6 is 11.3 Å². The lowest BCUT2D eigenvalue weighted by Crippen LogP contribution is -2.36. The monoisotopic (exact) mass is 438 g/mol. The molecule has 2 aromatic heterocycles. The highest BCUT2D eigenvalue weighted by atomic mass is 32.1. The van der Waals surface area contributed by atoms with E-state index in [1.165, 1.54) is 35.6 Å². The average molecular weight is 438 g/mol. The molecular formula is C20H18N6O4S. The van der Waals surface area contributed by atoms with Crippen molar-refractivity contribution in [3.63, 3.8) is 0 Å². The van der Waals surface area contributed by atoms with Crippen LogP contribution in [0.4, 0.5) is 16.5 Å². The van der Waals surface area contributed by atoms with Crippen LogP contribution in [0.2, 0.25) is 0 Å². The Hall–Kier alpha value is -3.70. The number of hydrogen-bond acceptors (Lipinski definition) is 8. The molecule has 2 N–H and O–H groups in total. The van der Waals surface area contributed by atoms with Gasteiger partial charge in [0.2, 0.25) is 5.91 Å². The van der Waals surface area contributed by atoms with Gasteiger partial charge in [-0.25, -0.2) is 4.98 Å². The van der Waals surface area contributed by atoms with E-state index in [9.17, 15) is 19.7 Å². The first-order valence-electron chi connectivity index (χ1n) is 9.45. The summed E-state index contributed by atoms with van der Waals surface area (Å²) in [5, 5.41) is 16.7. The second-order valence-electron chi connectivity index (χ2n) is 6.87. The van der Waals surface area contributed by atoms with Crippen molar-refractivity contribution in [2.24, 2.45) is 0 Å². The zero-order valence-electron chi connectivity index (χ0n) is 16.3. The molecule has 0 spiro atoms. The molecule has 3 heterocycles. The first-order valence-corrected chi connectivity index (χ1v) is 10.3. The van der Waals surface area contributed by atoms with Crippen molar-refractivity contribution in [3.8, 4) is 0 Å². The Bertz CT molecular complexity index is 1120. The number of non-ortho nitro benzene ring substituents is 1. The average Bonchev–Trinajstić information content (AvgIpc) is 3.16. The van der Waals surface area contributed by atoms with Crippen LogP contribution in [-0.4, -0.2) is 44.7 Å². The summed E-state index contributed by atoms with van der Waals surface area (Å²) in [6.07, 6.45) is 2.23. The fourth-order valence-corrected chi connectivity index (χ4v) is 4.21. The number of amides is 2. The number of nitro groups is 1. The number of benzene rings is 1. The van der Waals surface area contributed by atoms with Crippen LogP contribution in [-0.2, 0) is 17.8 Å². The molecule has 11 heteroatoms. The number of nitro benzene ring substituents is 1. The molecule has 0 saturated heterocycles. The summed E-state index contributed by atoms with van der Waals surface area (Å²) >= 11 is 1.39. The van der Waals surface area contributed by atoms with Crippen LogP contribution < -0.4 is 10.6 Å². The van der Waals surface area contributed by atoms with Crippen molar-refractivity contribution in [1.82, 2.24) is 14.9 Å². The fraction of sp³-hybridized carbons (Fsp3) is 0.200. The lowest BCUT2D eigenvalue weighted by molar-refractivity contribution is -0.384. The van der Waals surface area contributed by atoms with Gasteiger partial charge in [0.1, 0.15) is 5.69 Å². The van der Waals surface area contributed by atoms with E-state index in [1.54, 1.807) is 24.4 Å². The summed E-state index contributed by atoms with van der Waals surface area (Å²) in [5.74, 6) is -0.517. The van der Waals surface area contributed by atoms with E-state index in [-0.39, 0.29) is 24.0 Å². The Balaban J connectivity index is 1.33. The molecule has 0 radical (unpaired) electrons. The molecule has 4 rings (SSSR count). The van der Waals surface area contributed by atoms with Gasteiger partial charge in [0.05, 0.1) is 17.2 Å². The maximum atomic E-state index is 12.4. The third-order valence-electron chi connectivity index (χ3n) is 4.66. The van der Waals surface area contributed by atoms with Gasteiger partial charge < -0.3 is 5.32 Å². The van der Waals surface area contributed by atoms with Crippen molar-refractivity contribution in [2.45, 2.75) is 13.0 Å². The van der Waals surface area contributed by atoms with E-state index < -0.39 is 4.92 Å². The van der Waals surface area contributed by atoms with Crippen molar-refractivity contribution in [3.05, 3.63) is 75.0 Å². The van der Waals surface area contributed by atoms with Crippen LogP contribution in [0, 0.1) is 10.1 Å². The molecule has 2 amide bonds. The smallest absolute Gasteiger partial charge is 0.276 e. The first kappa shape index (κ1) is 20.6. The summed E-state index contributed by atoms with van der Waals surface area (Å²) in [4.78, 5) is 46.4. The van der Waals surface area contributed by atoms with Crippen LogP contribution in [0.25, 0.3) is 0 Å². The Kier molecular flexibility index (Phi) is 5.96. The normalized spacial score (nSPS) is 13.3. The van der Waals surface area contributed by atoms with Crippen LogP contribution in [0.5, 0.6) is 0 Å². The minimum absolute atomic E-state index is 0.0299. The largest absolute Gasteiger partial charge is 0.325 e. The van der Waals surface area contributed by atoms with Gasteiger partial charge in [-0.05, 0) is 24.3 Å². The highest BCUT2D eigenvalue weighted by Crippen LogP contribution is 2.28. The Labute approximate surface area is 181 Å². The number of anilines is 2. The molecule has 1 aromatic carbocycles. The van der Waals surface area contributed by atoms with Crippen LogP contribution in [0.3, 0.4) is 0 Å². The molecule has 158 valence electrons. The topological polar surface area (TPSA) is 130 Å². The zero-order chi connectivity index (χ0) is 21.8. The molecule has 0 bridgehead atoms. The fourth-order valence-electron chi connectivity index (χ4n) is 3.17. The standard InChI is InChI=1S/C20H18N6O4S/c27-18(22-13-4-6-14(7-5-13)26(29)30)12-25-10-8-15-17(11-25)31-20(23-15)24-19(28)16-3-1-2-9-21-16/h1-7,9H,8,10-12H2,(H,22,27)(H,23,24,28). The summed E-state index contributed by atoms with van der Waals surface area (Å²) in [6, 6.07) is 10.8. The molecule has 1 aliphatic rings. The van der Waals surface area contributed by atoms with Gasteiger partial charge in [-0.15, -0.1) is 11.3 Å². The number of carbonyl (C=O) groups is 2. The summed E-state index contributed by atoms with van der Waals surface area (Å²) in [6.45, 7) is 1.40. The Morgan fingerprint density at radius 2 is 1.97 bits per heavy atom. The van der Waals surface area contributed by atoms with E-state index in [0.717, 1.165) is 10.6 Å². The number of nitrogens with zero attached hydrogens (tertiary/aromatic N) is 4. The molecule has 10 nitrogen and oxygen atoms in total. The summed E-state index contributed by atoms with van der Waals surface area (Å²) < 4.78 is 0. The SMILES string of the molecule is O=C(CN1CCc2nc(NC(=O)c3ccccn3)sc2C1)Nc1ccc([N+](=O)[O-])cc1. The quantitative estimate of drug-likeness (QED) is 0.447. The molecule has 3 aromatic rings. The van der Waals surface area contributed by atoms with Gasteiger partial charge >= 0.3 is 0 Å². The van der Waals surface area contributed by atoms with E-state index in [0.29, 0.717) is 36.0 Å². The highest BCUT2D eigenvalue weighted by molar-refractivity contribution is 7.15. The van der Waals surface area contributed by atoms with Gasteiger partial charge in [-0.1, -0.05) is 6.07 Å². The molecule has 0 saturated carbocycles. The second kappa shape index (κ2) is 8.98. The van der Waals surface area contributed by atoms with E-state index >= 15 is 0 Å². The molecular weight excluding hydrogens is 420 g/mol. The Morgan fingerprint density at radius 3 is 2.68 bits per heavy atom. The number of nitrogens with one attached hydrogen (secondary N) is 2. The molecule has 0 fully saturated rings. The third-order valence-corrected chi connectivity index (χ3v) is 5.66. The van der Waals surface area contributed by atoms with Gasteiger partial charge in [0.15, 0.2) is 5.13 Å². The lowest BCUT2D eigenvalue weighted by Gasteiger charge is -2.25. The van der Waals surface area contributed by atoms with Gasteiger partial charge in [-0.3, -0.25) is 34.9 Å². The van der Waals surface area contributed by atoms with Crippen molar-refractivity contribution < 1.29 is 14.5 Å². The number of thiazole rings is 1. The molecule has 0 unspecified atom stereocenters. The van der Waals surface area contributed by atoms with Crippen LogP contribution in [0.1, 0.15) is 21.1 Å². The second-order valence-corrected chi connectivity index (χ2v) is 7.95. The predicted octanol–water partition coefficient (Wildman–Crippen LogP) is 2.70. The van der Waals surface area contributed by atoms with Gasteiger partial charge in [0, 0.05) is 48.4 Å². The predicted molar refractivity (Wildman–Crippen MR) is 115 cm³/mol. The zero-order valence-corrected chi connectivity index (χ0v) is 17.1. The summed E-state index contributed by atoms with van der Waals surface area (Å²) in [7, 11) is 0. The highest BCUT2D eigenvalue weighted by Gasteiger charge is 2.23. The number of aromatic nitrogens is 2. The first-order chi connectivity index (χ1) is 15.0. The maximum absolute atomic E-state index is 12.4. The van der Waals surface area contributed by atoms with Crippen molar-refractivity contribution in [1.29, 1.82) is 0 Å². The third kappa shape index (κ3) is 5.08. The number of fused-ring (bicyclic) bond motifs is 1. The van der Waals surface area contributed by atoms with Crippen molar-refractivity contribution in [2.75, 3.05) is 23.7 Å². The minimum Gasteiger partial charge on any atom is -0.325 e.